The van der Waals surface area contributed by atoms with Gasteiger partial charge in [-0.1, -0.05) is 121 Å². The van der Waals surface area contributed by atoms with Crippen LogP contribution in [-0.2, 0) is 17.8 Å². The van der Waals surface area contributed by atoms with Crippen molar-refractivity contribution in [1.29, 1.82) is 5.41 Å². The first kappa shape index (κ1) is 81.5. The zero-order chi connectivity index (χ0) is 72.3. The zero-order valence-corrected chi connectivity index (χ0v) is 56.3. The summed E-state index contributed by atoms with van der Waals surface area (Å²) >= 11 is 10.4. The molecule has 0 radical (unpaired) electrons. The van der Waals surface area contributed by atoms with Crippen LogP contribution >= 0.6 is 43.6 Å². The first-order valence-electron chi connectivity index (χ1n) is 27.6. The van der Waals surface area contributed by atoms with Gasteiger partial charge >= 0.3 is 0 Å². The van der Waals surface area contributed by atoms with E-state index in [-0.39, 0.29) is 28.2 Å². The Morgan fingerprint density at radius 1 is 0.418 bits per heavy atom. The fourth-order valence-corrected chi connectivity index (χ4v) is 7.10. The molecule has 4 aromatic heterocycles. The van der Waals surface area contributed by atoms with E-state index < -0.39 is 17.8 Å². The molecule has 0 atom stereocenters. The van der Waals surface area contributed by atoms with Crippen molar-refractivity contribution in [3.05, 3.63) is 249 Å². The summed E-state index contributed by atoms with van der Waals surface area (Å²) < 4.78 is 78.7. The van der Waals surface area contributed by atoms with Crippen molar-refractivity contribution in [1.82, 2.24) is 19.9 Å². The maximum atomic E-state index is 13.5. The first-order chi connectivity index (χ1) is 47.0. The Labute approximate surface area is 589 Å². The second kappa shape index (κ2) is 47.3. The predicted molar refractivity (Wildman–Crippen MR) is 386 cm³/mol. The van der Waals surface area contributed by atoms with Crippen molar-refractivity contribution in [2.24, 2.45) is 10.2 Å². The molecule has 0 aliphatic carbocycles. The molecule has 0 aliphatic rings. The number of alkyl halides is 6. The number of nitrogens with one attached hydrogen (secondary N) is 1. The van der Waals surface area contributed by atoms with E-state index in [9.17, 15) is 31.1 Å². The summed E-state index contributed by atoms with van der Waals surface area (Å²) in [5, 5.41) is 11.9. The highest BCUT2D eigenvalue weighted by Gasteiger charge is 2.26. The van der Waals surface area contributed by atoms with Gasteiger partial charge in [-0.15, -0.1) is 12.8 Å². The van der Waals surface area contributed by atoms with Crippen LogP contribution < -0.4 is 11.0 Å². The Kier molecular flexibility index (Phi) is 39.3. The Balaban J connectivity index is 0.000000414. The van der Waals surface area contributed by atoms with E-state index in [1.54, 1.807) is 18.5 Å². The van der Waals surface area contributed by atoms with E-state index in [1.807, 2.05) is 121 Å². The van der Waals surface area contributed by atoms with Crippen LogP contribution in [0.1, 0.15) is 77.0 Å². The van der Waals surface area contributed by atoms with Gasteiger partial charge in [-0.2, -0.15) is 0 Å². The number of nitrogen functional groups attached to an aromatic ring is 1. The van der Waals surface area contributed by atoms with Crippen LogP contribution in [0.25, 0.3) is 0 Å². The minimum absolute atomic E-state index is 0.0359. The standard InChI is InChI=1S/C26H2.C20H16F2N2.C13H11N.C7H6BrF2N.C7H6BrNO.C7H8F2N2.ClH2N/c1-3-5-7-9-11-13-15-17-19-21-23-25-26-24-22-20-18-16-14-12-10-8-6-4-2;1-20(21,22)17-12-18(14-23-13-17)24-19(15-8-4-2-5-9-15)16-10-6-3-7-11-16;14-13(11-7-3-1-4-8-11)12-9-5-2-6-10-12;1-7(9,10)5-2-6(8)4-11-3-5;1-5(10)6-2-7(8)4-9-3-6;1-7(8,9)5-2-6(10)4-11-3-5;1-2/h1-2H;2-14H,1H3;1-10,14H;2-4H,1H3;2-4H,1H3;2-4H,10H2,1H3;2H2. The number of aromatic nitrogens is 4. The van der Waals surface area contributed by atoms with Crippen LogP contribution in [0.5, 0.6) is 0 Å². The molecule has 98 heavy (non-hydrogen) atoms. The average Bonchev–Trinajstić information content (AvgIpc) is 0.846. The Morgan fingerprint density at radius 3 is 0.980 bits per heavy atom. The molecule has 8 aromatic rings. The maximum Gasteiger partial charge on any atom is 0.272 e. The van der Waals surface area contributed by atoms with Crippen molar-refractivity contribution >= 4 is 72.2 Å². The zero-order valence-electron chi connectivity index (χ0n) is 52.3. The summed E-state index contributed by atoms with van der Waals surface area (Å²) in [6.07, 6.45) is 20.7. The number of halogens is 9. The van der Waals surface area contributed by atoms with Crippen molar-refractivity contribution in [2.45, 2.75) is 45.5 Å². The number of pyridine rings is 4. The van der Waals surface area contributed by atoms with Gasteiger partial charge in [-0.25, -0.2) is 36.6 Å². The minimum atomic E-state index is -2.95. The monoisotopic (exact) mass is 1450 g/mol. The van der Waals surface area contributed by atoms with Crippen LogP contribution in [0.3, 0.4) is 0 Å². The number of benzene rings is 4. The van der Waals surface area contributed by atoms with E-state index in [2.05, 4.69) is 216 Å². The molecule has 0 fully saturated rings. The molecule has 0 amide bonds. The smallest absolute Gasteiger partial charge is 0.272 e. The van der Waals surface area contributed by atoms with Gasteiger partial charge in [0.15, 0.2) is 5.78 Å². The van der Waals surface area contributed by atoms with Crippen molar-refractivity contribution in [3.8, 4) is 155 Å². The van der Waals surface area contributed by atoms with E-state index in [0.29, 0.717) is 21.4 Å². The number of terminal acetylenes is 2. The Bertz CT molecular complexity index is 4610. The highest BCUT2D eigenvalue weighted by atomic mass is 79.9. The highest BCUT2D eigenvalue weighted by molar-refractivity contribution is 9.10. The molecule has 0 unspecified atom stereocenters. The molecule has 9 nitrogen and oxygen atoms in total. The number of nitrogens with two attached hydrogens (primary N) is 2. The maximum absolute atomic E-state index is 13.5. The van der Waals surface area contributed by atoms with E-state index >= 15 is 0 Å². The van der Waals surface area contributed by atoms with Gasteiger partial charge in [-0.3, -0.25) is 30.1 Å². The third-order valence-electron chi connectivity index (χ3n) is 10.7. The fraction of sp³-hybridized carbons (Fsp3) is 0.0875. The van der Waals surface area contributed by atoms with Crippen molar-refractivity contribution < 1.29 is 31.1 Å². The van der Waals surface area contributed by atoms with Crippen LogP contribution in [0, 0.1) is 160 Å². The number of nitrogens with zero attached hydrogens (tertiary/aromatic N) is 5. The van der Waals surface area contributed by atoms with Crippen molar-refractivity contribution in [2.75, 3.05) is 5.73 Å². The van der Waals surface area contributed by atoms with Gasteiger partial charge in [-0.05, 0) is 181 Å². The normalized spacial score (nSPS) is 8.73. The van der Waals surface area contributed by atoms with Crippen LogP contribution in [0.2, 0.25) is 0 Å². The molecular weight excluding hydrogens is 1400 g/mol. The number of aliphatic imine (C=N–C) groups is 1. The lowest BCUT2D eigenvalue weighted by atomic mass is 10.0. The SMILES string of the molecule is C#CC#CC#CC#CC#CC#CC#CC#CC#CC#CC#CC#CC#C.CC(=O)c1cncc(Br)c1.CC(F)(F)c1cncc(Br)c1.CC(F)(F)c1cncc(N)c1.CC(F)(F)c1cncc(N=C(c2ccccc2)c2ccccc2)c1.N=C(c1ccccc1)c1ccccc1.NCl. The van der Waals surface area contributed by atoms with E-state index in [1.165, 1.54) is 49.9 Å². The third kappa shape index (κ3) is 36.6. The van der Waals surface area contributed by atoms with Gasteiger partial charge in [0.2, 0.25) is 0 Å². The largest absolute Gasteiger partial charge is 0.397 e. The quantitative estimate of drug-likeness (QED) is 0.0427. The number of hydrogen-bond acceptors (Lipinski definition) is 9. The summed E-state index contributed by atoms with van der Waals surface area (Å²) in [4.78, 5) is 30.2. The molecule has 0 saturated heterocycles. The van der Waals surface area contributed by atoms with Crippen LogP contribution in [-0.4, -0.2) is 37.1 Å². The van der Waals surface area contributed by atoms with Gasteiger partial charge in [0.1, 0.15) is 0 Å². The lowest BCUT2D eigenvalue weighted by Gasteiger charge is -2.11. The molecule has 4 aromatic carbocycles. The number of rotatable bonds is 9. The molecule has 4 heterocycles. The van der Waals surface area contributed by atoms with Gasteiger partial charge in [0, 0.05) is 154 Å². The molecule has 18 heteroatoms. The number of hydrogen-bond donors (Lipinski definition) is 3. The Morgan fingerprint density at radius 2 is 0.704 bits per heavy atom. The predicted octanol–water partition coefficient (Wildman–Crippen LogP) is 15.6. The fourth-order valence-electron chi connectivity index (χ4n) is 6.37. The molecule has 0 bridgehead atoms. The second-order valence-electron chi connectivity index (χ2n) is 18.3. The lowest BCUT2D eigenvalue weighted by Crippen LogP contribution is -2.07. The summed E-state index contributed by atoms with van der Waals surface area (Å²) in [5.74, 6) is 49.6. The van der Waals surface area contributed by atoms with Crippen LogP contribution in [0.4, 0.5) is 37.7 Å². The Hall–Kier alpha value is -12.6. The first-order valence-corrected chi connectivity index (χ1v) is 29.6. The topological polar surface area (TPSA) is 157 Å². The molecule has 0 spiro atoms. The van der Waals surface area contributed by atoms with E-state index in [0.717, 1.165) is 65.6 Å². The molecule has 8 rings (SSSR count). The second-order valence-corrected chi connectivity index (χ2v) is 20.1. The molecule has 0 aliphatic heterocycles. The van der Waals surface area contributed by atoms with Crippen molar-refractivity contribution in [3.63, 3.8) is 0 Å². The van der Waals surface area contributed by atoms with Gasteiger partial charge < -0.3 is 5.73 Å². The van der Waals surface area contributed by atoms with E-state index in [4.69, 9.17) is 24.0 Å². The number of carbonyl (C=O) groups excluding carboxylic acids is 1. The summed E-state index contributed by atoms with van der Waals surface area (Å²) in [6, 6.07) is 44.5. The minimum Gasteiger partial charge on any atom is -0.397 e. The number of ketones is 1. The average molecular weight is 1450 g/mol. The summed E-state index contributed by atoms with van der Waals surface area (Å²) in [7, 11) is 0. The van der Waals surface area contributed by atoms with Gasteiger partial charge in [0.25, 0.3) is 17.8 Å². The summed E-state index contributed by atoms with van der Waals surface area (Å²) in [5.41, 5.74) is 11.2. The number of anilines is 1. The molecule has 0 saturated carbocycles. The number of Topliss-reactive ketones (excluding diaryl/α,β-unsaturated/α-hetero) is 1. The van der Waals surface area contributed by atoms with Crippen LogP contribution in [0.15, 0.2) is 209 Å². The summed E-state index contributed by atoms with van der Waals surface area (Å²) in [6.45, 7) is 4.02. The molecule has 5 N–H and O–H groups in total. The number of carbonyl (C=O) groups is 1. The lowest BCUT2D eigenvalue weighted by molar-refractivity contribution is 0.0164. The molecule has 480 valence electrons. The highest BCUT2D eigenvalue weighted by Crippen LogP contribution is 2.30. The molecular formula is C80H51Br2ClF6N8O. The van der Waals surface area contributed by atoms with Gasteiger partial charge in [0.05, 0.1) is 29.0 Å². The third-order valence-corrected chi connectivity index (χ3v) is 11.6.